The van der Waals surface area contributed by atoms with Crippen LogP contribution in [0.25, 0.3) is 0 Å². The van der Waals surface area contributed by atoms with Gasteiger partial charge in [0.1, 0.15) is 5.76 Å². The summed E-state index contributed by atoms with van der Waals surface area (Å²) in [5.41, 5.74) is 1.07. The highest BCUT2D eigenvalue weighted by atomic mass is 35.5. The average molecular weight is 229 g/mol. The van der Waals surface area contributed by atoms with Gasteiger partial charge in [-0.05, 0) is 37.5 Å². The molecule has 0 fully saturated rings. The minimum absolute atomic E-state index is 0.513. The van der Waals surface area contributed by atoms with E-state index in [1.165, 1.54) is 12.8 Å². The molecule has 0 atom stereocenters. The topological polar surface area (TPSA) is 9.23 Å². The van der Waals surface area contributed by atoms with Crippen molar-refractivity contribution < 1.29 is 4.74 Å². The third-order valence-electron chi connectivity index (χ3n) is 2.00. The molecule has 0 aliphatic carbocycles. The zero-order valence-corrected chi connectivity index (χ0v) is 10.7. The minimum atomic E-state index is 0.513. The molecular weight excluding hydrogens is 208 g/mol. The Hall–Kier alpha value is -0.690. The van der Waals surface area contributed by atoms with Crippen LogP contribution in [0, 0.1) is 0 Å². The van der Waals surface area contributed by atoms with Crippen LogP contribution in [0.15, 0.2) is 35.6 Å². The van der Waals surface area contributed by atoms with Gasteiger partial charge in [-0.25, -0.2) is 0 Å². The van der Waals surface area contributed by atoms with E-state index in [9.17, 15) is 0 Å². The molecule has 0 N–H and O–H groups in total. The van der Waals surface area contributed by atoms with E-state index in [1.54, 1.807) is 7.11 Å². The predicted octanol–water partition coefficient (Wildman–Crippen LogP) is 4.45. The number of rotatable bonds is 7. The molecule has 1 nitrogen and oxygen atoms in total. The Morgan fingerprint density at radius 1 is 1.40 bits per heavy atom. The minimum Gasteiger partial charge on any atom is -0.497 e. The fourth-order valence-electron chi connectivity index (χ4n) is 1.18. The van der Waals surface area contributed by atoms with Crippen molar-refractivity contribution in [1.29, 1.82) is 0 Å². The normalized spacial score (nSPS) is 13.6. The Morgan fingerprint density at radius 3 is 2.60 bits per heavy atom. The monoisotopic (exact) mass is 228 g/mol. The molecule has 0 aliphatic rings. The molecule has 2 heteroatoms. The van der Waals surface area contributed by atoms with Crippen molar-refractivity contribution >= 4 is 11.6 Å². The second-order valence-corrected chi connectivity index (χ2v) is 3.57. The third kappa shape index (κ3) is 7.26. The zero-order valence-electron chi connectivity index (χ0n) is 9.92. The first-order valence-corrected chi connectivity index (χ1v) is 5.95. The molecule has 15 heavy (non-hydrogen) atoms. The van der Waals surface area contributed by atoms with Gasteiger partial charge in [-0.2, -0.15) is 0 Å². The van der Waals surface area contributed by atoms with Gasteiger partial charge < -0.3 is 4.74 Å². The van der Waals surface area contributed by atoms with Crippen molar-refractivity contribution in [1.82, 2.24) is 0 Å². The lowest BCUT2D eigenvalue weighted by molar-refractivity contribution is 0.304. The fraction of sp³-hybridized carbons (Fsp3) is 0.538. The van der Waals surface area contributed by atoms with Crippen LogP contribution in [0.2, 0.25) is 0 Å². The zero-order chi connectivity index (χ0) is 11.5. The highest BCUT2D eigenvalue weighted by Crippen LogP contribution is 2.09. The molecule has 0 bridgehead atoms. The molecule has 0 saturated carbocycles. The number of allylic oxidation sites excluding steroid dienone is 5. The van der Waals surface area contributed by atoms with Gasteiger partial charge in [0.25, 0.3) is 0 Å². The molecule has 0 heterocycles. The Bertz CT molecular complexity index is 239. The number of halogens is 1. The van der Waals surface area contributed by atoms with Gasteiger partial charge >= 0.3 is 0 Å². The van der Waals surface area contributed by atoms with Crippen molar-refractivity contribution in [2.24, 2.45) is 0 Å². The second kappa shape index (κ2) is 9.85. The number of hydrogen-bond donors (Lipinski definition) is 0. The molecule has 0 radical (unpaired) electrons. The lowest BCUT2D eigenvalue weighted by Crippen LogP contribution is -1.87. The maximum atomic E-state index is 5.81. The van der Waals surface area contributed by atoms with Crippen LogP contribution in [-0.4, -0.2) is 13.0 Å². The smallest absolute Gasteiger partial charge is 0.115 e. The number of alkyl halides is 1. The van der Waals surface area contributed by atoms with Crippen molar-refractivity contribution in [3.05, 3.63) is 35.6 Å². The van der Waals surface area contributed by atoms with Gasteiger partial charge in [-0.15, -0.1) is 11.6 Å². The van der Waals surface area contributed by atoms with Crippen molar-refractivity contribution in [3.8, 4) is 0 Å². The van der Waals surface area contributed by atoms with Gasteiger partial charge in [-0.1, -0.05) is 25.5 Å². The Balaban J connectivity index is 4.44. The summed E-state index contributed by atoms with van der Waals surface area (Å²) < 4.78 is 5.27. The number of unbranched alkanes of at least 4 members (excludes halogenated alkanes) is 2. The first-order chi connectivity index (χ1) is 7.28. The molecule has 0 aromatic rings. The number of methoxy groups -OCH3 is 1. The third-order valence-corrected chi connectivity index (χ3v) is 2.31. The maximum absolute atomic E-state index is 5.81. The summed E-state index contributed by atoms with van der Waals surface area (Å²) in [5.74, 6) is 1.41. The van der Waals surface area contributed by atoms with Crippen LogP contribution in [-0.2, 0) is 4.74 Å². The van der Waals surface area contributed by atoms with E-state index < -0.39 is 0 Å². The van der Waals surface area contributed by atoms with Gasteiger partial charge in [0, 0.05) is 5.88 Å². The predicted molar refractivity (Wildman–Crippen MR) is 68.2 cm³/mol. The van der Waals surface area contributed by atoms with E-state index in [1.807, 2.05) is 25.2 Å². The van der Waals surface area contributed by atoms with E-state index in [4.69, 9.17) is 16.3 Å². The molecular formula is C13H21ClO. The van der Waals surface area contributed by atoms with Gasteiger partial charge in [0.2, 0.25) is 0 Å². The fourth-order valence-corrected chi connectivity index (χ4v) is 1.34. The highest BCUT2D eigenvalue weighted by Gasteiger charge is 1.94. The summed E-state index contributed by atoms with van der Waals surface area (Å²) in [6.45, 7) is 4.16. The Morgan fingerprint density at radius 2 is 2.13 bits per heavy atom. The van der Waals surface area contributed by atoms with Crippen LogP contribution in [0.3, 0.4) is 0 Å². The van der Waals surface area contributed by atoms with Crippen LogP contribution in [0.1, 0.15) is 33.1 Å². The Labute approximate surface area is 98.5 Å². The molecule has 0 amide bonds. The van der Waals surface area contributed by atoms with Crippen molar-refractivity contribution in [2.45, 2.75) is 33.1 Å². The van der Waals surface area contributed by atoms with E-state index in [0.29, 0.717) is 5.88 Å². The summed E-state index contributed by atoms with van der Waals surface area (Å²) in [4.78, 5) is 0. The van der Waals surface area contributed by atoms with Crippen LogP contribution >= 0.6 is 11.6 Å². The molecule has 0 rings (SSSR count). The lowest BCUT2D eigenvalue weighted by Gasteiger charge is -2.02. The maximum Gasteiger partial charge on any atom is 0.115 e. The molecule has 0 aromatic carbocycles. The summed E-state index contributed by atoms with van der Waals surface area (Å²) in [6, 6.07) is 0. The molecule has 0 aromatic heterocycles. The van der Waals surface area contributed by atoms with Gasteiger partial charge in [-0.3, -0.25) is 0 Å². The summed E-state index contributed by atoms with van der Waals surface area (Å²) in [6.07, 6.45) is 11.5. The van der Waals surface area contributed by atoms with Crippen LogP contribution in [0.5, 0.6) is 0 Å². The standard InChI is InChI=1S/C13H21ClO/c1-4-6-7-9-13(15-3)10-12(11-14)8-5-2/h5,8-10H,4,6-7,11H2,1-3H3/b8-5-,12-10+,13-9-. The lowest BCUT2D eigenvalue weighted by atomic mass is 10.2. The summed E-state index contributed by atoms with van der Waals surface area (Å²) in [7, 11) is 1.69. The molecule has 86 valence electrons. The molecule has 0 aliphatic heterocycles. The number of ether oxygens (including phenoxy) is 1. The van der Waals surface area contributed by atoms with Crippen LogP contribution in [0.4, 0.5) is 0 Å². The highest BCUT2D eigenvalue weighted by molar-refractivity contribution is 6.19. The number of hydrogen-bond acceptors (Lipinski definition) is 1. The summed E-state index contributed by atoms with van der Waals surface area (Å²) in [5, 5.41) is 0. The quantitative estimate of drug-likeness (QED) is 0.271. The van der Waals surface area contributed by atoms with E-state index in [-0.39, 0.29) is 0 Å². The van der Waals surface area contributed by atoms with E-state index >= 15 is 0 Å². The van der Waals surface area contributed by atoms with Gasteiger partial charge in [0.15, 0.2) is 0 Å². The largest absolute Gasteiger partial charge is 0.497 e. The molecule has 0 saturated heterocycles. The molecule has 0 spiro atoms. The summed E-state index contributed by atoms with van der Waals surface area (Å²) >= 11 is 5.81. The Kier molecular flexibility index (Phi) is 9.40. The van der Waals surface area contributed by atoms with Gasteiger partial charge in [0.05, 0.1) is 7.11 Å². The SMILES string of the molecule is C\C=C/C(=C\C(=C\CCCC)OC)CCl. The molecule has 0 unspecified atom stereocenters. The van der Waals surface area contributed by atoms with E-state index in [2.05, 4.69) is 13.0 Å². The second-order valence-electron chi connectivity index (χ2n) is 3.31. The van der Waals surface area contributed by atoms with E-state index in [0.717, 1.165) is 17.8 Å². The van der Waals surface area contributed by atoms with Crippen LogP contribution < -0.4 is 0 Å². The first-order valence-electron chi connectivity index (χ1n) is 5.41. The average Bonchev–Trinajstić information content (AvgIpc) is 2.26. The van der Waals surface area contributed by atoms with Crippen molar-refractivity contribution in [3.63, 3.8) is 0 Å². The van der Waals surface area contributed by atoms with Crippen molar-refractivity contribution in [2.75, 3.05) is 13.0 Å². The first kappa shape index (κ1) is 14.3.